The molecule has 0 unspecified atom stereocenters. The number of halogens is 3. The summed E-state index contributed by atoms with van der Waals surface area (Å²) in [5.74, 6) is -0.924. The molecule has 3 rings (SSSR count). The summed E-state index contributed by atoms with van der Waals surface area (Å²) in [4.78, 5) is 7.94. The van der Waals surface area contributed by atoms with Crippen molar-refractivity contribution in [2.75, 3.05) is 30.2 Å². The molecule has 0 saturated carbocycles. The fourth-order valence-corrected chi connectivity index (χ4v) is 5.66. The first-order valence-corrected chi connectivity index (χ1v) is 12.6. The number of aromatic nitrogens is 2. The van der Waals surface area contributed by atoms with E-state index in [2.05, 4.69) is 20.6 Å². The van der Waals surface area contributed by atoms with Crippen LogP contribution in [0.2, 0.25) is 0 Å². The van der Waals surface area contributed by atoms with Crippen LogP contribution in [0.25, 0.3) is 0 Å². The van der Waals surface area contributed by atoms with Crippen molar-refractivity contribution in [2.45, 2.75) is 45.4 Å². The zero-order chi connectivity index (χ0) is 25.8. The standard InChI is InChI=1S/C22H28F3N5O4S.H2/c1-13(2)30-17-4-14(8-33-12-29-22(3)10-35(31,32)11-22)6-28-21(17)20(26)15-5-19(27-7-16(15)23)34-9-18(24)25;/h4-7,13,18,26,29-30H,8-12H2,1-3H3;1H. The van der Waals surface area contributed by atoms with E-state index in [1.807, 2.05) is 20.8 Å². The molecule has 0 aromatic carbocycles. The van der Waals surface area contributed by atoms with Crippen molar-refractivity contribution >= 4 is 21.2 Å². The number of hydrogen-bond acceptors (Lipinski definition) is 9. The van der Waals surface area contributed by atoms with Gasteiger partial charge in [0.1, 0.15) is 5.69 Å². The predicted octanol–water partition coefficient (Wildman–Crippen LogP) is 2.99. The summed E-state index contributed by atoms with van der Waals surface area (Å²) in [6.07, 6.45) is -0.426. The van der Waals surface area contributed by atoms with Crippen molar-refractivity contribution in [3.63, 3.8) is 0 Å². The first-order valence-electron chi connectivity index (χ1n) is 10.8. The fraction of sp³-hybridized carbons (Fsp3) is 0.500. The Hall–Kier alpha value is -2.77. The lowest BCUT2D eigenvalue weighted by atomic mass is 10.0. The molecular formula is C22H30F3N5O4S. The van der Waals surface area contributed by atoms with Gasteiger partial charge in [-0.15, -0.1) is 0 Å². The molecule has 0 amide bonds. The van der Waals surface area contributed by atoms with E-state index in [-0.39, 0.29) is 55.2 Å². The number of nitrogens with zero attached hydrogens (tertiary/aromatic N) is 2. The highest BCUT2D eigenvalue weighted by molar-refractivity contribution is 7.93. The van der Waals surface area contributed by atoms with Gasteiger partial charge in [-0.1, -0.05) is 0 Å². The van der Waals surface area contributed by atoms with E-state index in [9.17, 15) is 21.6 Å². The maximum Gasteiger partial charge on any atom is 0.272 e. The van der Waals surface area contributed by atoms with Crippen molar-refractivity contribution < 1.29 is 32.5 Å². The van der Waals surface area contributed by atoms with Crippen LogP contribution in [0, 0.1) is 11.2 Å². The minimum absolute atomic E-state index is 0. The monoisotopic (exact) mass is 517 g/mol. The average molecular weight is 518 g/mol. The molecule has 0 radical (unpaired) electrons. The first-order chi connectivity index (χ1) is 16.4. The van der Waals surface area contributed by atoms with Crippen molar-refractivity contribution in [1.29, 1.82) is 5.41 Å². The molecule has 3 heterocycles. The number of nitrogens with one attached hydrogen (secondary N) is 3. The second-order valence-electron chi connectivity index (χ2n) is 8.88. The average Bonchev–Trinajstić information content (AvgIpc) is 2.74. The van der Waals surface area contributed by atoms with E-state index >= 15 is 0 Å². The van der Waals surface area contributed by atoms with Crippen molar-refractivity contribution in [2.24, 2.45) is 0 Å². The van der Waals surface area contributed by atoms with Crippen LogP contribution in [0.15, 0.2) is 24.5 Å². The third-order valence-electron chi connectivity index (χ3n) is 5.03. The van der Waals surface area contributed by atoms with Gasteiger partial charge in [0.05, 0.1) is 42.4 Å². The van der Waals surface area contributed by atoms with Crippen LogP contribution >= 0.6 is 0 Å². The molecule has 194 valence electrons. The van der Waals surface area contributed by atoms with Crippen LogP contribution in [0.3, 0.4) is 0 Å². The molecule has 35 heavy (non-hydrogen) atoms. The Morgan fingerprint density at radius 3 is 2.60 bits per heavy atom. The molecular weight excluding hydrogens is 487 g/mol. The number of hydrogen-bond donors (Lipinski definition) is 3. The molecule has 0 aliphatic carbocycles. The number of pyridine rings is 2. The zero-order valence-corrected chi connectivity index (χ0v) is 20.4. The second-order valence-corrected chi connectivity index (χ2v) is 10.9. The molecule has 3 N–H and O–H groups in total. The van der Waals surface area contributed by atoms with E-state index < -0.39 is 34.2 Å². The minimum atomic E-state index is -2.97. The largest absolute Gasteiger partial charge is 0.472 e. The molecule has 1 fully saturated rings. The topological polar surface area (TPSA) is 126 Å². The minimum Gasteiger partial charge on any atom is -0.472 e. The molecule has 13 heteroatoms. The highest BCUT2D eigenvalue weighted by Gasteiger charge is 2.44. The Balaban J connectivity index is 0.00000456. The van der Waals surface area contributed by atoms with Crippen LogP contribution in [-0.2, 0) is 21.2 Å². The first kappa shape index (κ1) is 26.8. The van der Waals surface area contributed by atoms with Gasteiger partial charge in [-0.2, -0.15) is 0 Å². The lowest BCUT2D eigenvalue weighted by Gasteiger charge is -2.38. The summed E-state index contributed by atoms with van der Waals surface area (Å²) in [6.45, 7) is 4.99. The Morgan fingerprint density at radius 2 is 1.97 bits per heavy atom. The van der Waals surface area contributed by atoms with Gasteiger partial charge in [-0.05, 0) is 32.4 Å². The van der Waals surface area contributed by atoms with Crippen LogP contribution in [0.4, 0.5) is 18.9 Å². The maximum atomic E-state index is 14.4. The molecule has 0 spiro atoms. The smallest absolute Gasteiger partial charge is 0.272 e. The van der Waals surface area contributed by atoms with Gasteiger partial charge in [-0.3, -0.25) is 15.7 Å². The van der Waals surface area contributed by atoms with Gasteiger partial charge in [0.2, 0.25) is 5.88 Å². The summed E-state index contributed by atoms with van der Waals surface area (Å²) in [5.41, 5.74) is 0.310. The maximum absolute atomic E-state index is 14.4. The van der Waals surface area contributed by atoms with Gasteiger partial charge in [0.15, 0.2) is 22.3 Å². The Kier molecular flexibility index (Phi) is 8.34. The van der Waals surface area contributed by atoms with E-state index in [4.69, 9.17) is 14.9 Å². The van der Waals surface area contributed by atoms with Crippen LogP contribution in [0.5, 0.6) is 5.88 Å². The summed E-state index contributed by atoms with van der Waals surface area (Å²) in [7, 11) is -2.97. The van der Waals surface area contributed by atoms with Crippen LogP contribution < -0.4 is 15.4 Å². The van der Waals surface area contributed by atoms with Gasteiger partial charge < -0.3 is 14.8 Å². The molecule has 2 aromatic rings. The Labute approximate surface area is 203 Å². The molecule has 9 nitrogen and oxygen atoms in total. The molecule has 1 aliphatic heterocycles. The Bertz CT molecular complexity index is 1170. The summed E-state index contributed by atoms with van der Waals surface area (Å²) in [6, 6.07) is 2.78. The number of rotatable bonds is 12. The molecule has 1 aliphatic rings. The van der Waals surface area contributed by atoms with Crippen LogP contribution in [-0.4, -0.2) is 66.9 Å². The SMILES string of the molecule is CC(C)Nc1cc(COCNC2(C)CS(=O)(=O)C2)cnc1C(=N)c1cc(OCC(F)F)ncc1F.[HH]. The summed E-state index contributed by atoms with van der Waals surface area (Å²) < 4.78 is 72.6. The van der Waals surface area contributed by atoms with Crippen molar-refractivity contribution in [3.05, 3.63) is 47.2 Å². The second kappa shape index (κ2) is 10.9. The van der Waals surface area contributed by atoms with Gasteiger partial charge in [0, 0.05) is 30.8 Å². The van der Waals surface area contributed by atoms with E-state index in [1.165, 1.54) is 6.20 Å². The molecule has 1 saturated heterocycles. The quantitative estimate of drug-likeness (QED) is 0.223. The van der Waals surface area contributed by atoms with E-state index in [0.717, 1.165) is 12.3 Å². The number of anilines is 1. The predicted molar refractivity (Wildman–Crippen MR) is 127 cm³/mol. The van der Waals surface area contributed by atoms with E-state index in [0.29, 0.717) is 11.3 Å². The lowest BCUT2D eigenvalue weighted by molar-refractivity contribution is 0.0795. The van der Waals surface area contributed by atoms with Crippen molar-refractivity contribution in [1.82, 2.24) is 15.3 Å². The number of ether oxygens (including phenoxy) is 2. The van der Waals surface area contributed by atoms with Gasteiger partial charge in [0.25, 0.3) is 6.43 Å². The van der Waals surface area contributed by atoms with Crippen molar-refractivity contribution in [3.8, 4) is 5.88 Å². The fourth-order valence-electron chi connectivity index (χ4n) is 3.60. The third kappa shape index (κ3) is 7.36. The van der Waals surface area contributed by atoms with E-state index in [1.54, 1.807) is 6.07 Å². The lowest BCUT2D eigenvalue weighted by Crippen LogP contribution is -2.62. The highest BCUT2D eigenvalue weighted by atomic mass is 32.2. The third-order valence-corrected chi connectivity index (χ3v) is 7.18. The summed E-state index contributed by atoms with van der Waals surface area (Å²) in [5, 5.41) is 14.8. The highest BCUT2D eigenvalue weighted by Crippen LogP contribution is 2.24. The summed E-state index contributed by atoms with van der Waals surface area (Å²) >= 11 is 0. The zero-order valence-electron chi connectivity index (χ0n) is 19.6. The molecule has 2 aromatic heterocycles. The number of alkyl halides is 2. The van der Waals surface area contributed by atoms with Gasteiger partial charge in [-0.25, -0.2) is 26.6 Å². The Morgan fingerprint density at radius 1 is 1.26 bits per heavy atom. The molecule has 0 atom stereocenters. The number of sulfone groups is 1. The normalized spacial score (nSPS) is 16.2. The van der Waals surface area contributed by atoms with Gasteiger partial charge >= 0.3 is 0 Å². The van der Waals surface area contributed by atoms with Crippen LogP contribution in [0.1, 0.15) is 39.0 Å². The molecule has 0 bridgehead atoms.